The van der Waals surface area contributed by atoms with Gasteiger partial charge in [0.05, 0.1) is 28.4 Å². The molecule has 36 heavy (non-hydrogen) atoms. The lowest BCUT2D eigenvalue weighted by atomic mass is 9.78. The first-order chi connectivity index (χ1) is 16.8. The number of amides is 1. The fraction of sp³-hybridized carbons (Fsp3) is 0.643. The average molecular weight is 493 g/mol. The second-order valence-corrected chi connectivity index (χ2v) is 12.5. The Labute approximate surface area is 215 Å². The lowest BCUT2D eigenvalue weighted by Crippen LogP contribution is -2.41. The molecule has 2 fully saturated rings. The van der Waals surface area contributed by atoms with Gasteiger partial charge in [-0.1, -0.05) is 12.1 Å². The molecule has 5 rings (SSSR count). The summed E-state index contributed by atoms with van der Waals surface area (Å²) in [6.07, 6.45) is 4.95. The molecule has 1 aromatic heterocycles. The van der Waals surface area contributed by atoms with Gasteiger partial charge < -0.3 is 24.3 Å². The van der Waals surface area contributed by atoms with Crippen LogP contribution < -0.4 is 15.7 Å². The molecule has 3 aliphatic rings. The highest BCUT2D eigenvalue weighted by molar-refractivity contribution is 6.62. The molecule has 194 valence electrons. The van der Waals surface area contributed by atoms with Crippen LogP contribution in [0.15, 0.2) is 18.2 Å². The number of anilines is 1. The predicted octanol–water partition coefficient (Wildman–Crippen LogP) is 4.52. The summed E-state index contributed by atoms with van der Waals surface area (Å²) in [6.45, 7) is 15.6. The van der Waals surface area contributed by atoms with Crippen LogP contribution in [-0.4, -0.2) is 54.1 Å². The quantitative estimate of drug-likeness (QED) is 0.635. The molecule has 1 unspecified atom stereocenters. The maximum absolute atomic E-state index is 12.4. The van der Waals surface area contributed by atoms with Crippen LogP contribution in [0.2, 0.25) is 0 Å². The lowest BCUT2D eigenvalue weighted by molar-refractivity contribution is 0.00578. The van der Waals surface area contributed by atoms with Crippen LogP contribution in [0.5, 0.6) is 0 Å². The van der Waals surface area contributed by atoms with Crippen molar-refractivity contribution in [2.75, 3.05) is 18.0 Å². The molecule has 0 spiro atoms. The first-order valence-corrected chi connectivity index (χ1v) is 13.4. The molecule has 1 aromatic carbocycles. The third kappa shape index (κ3) is 4.82. The van der Waals surface area contributed by atoms with E-state index in [0.717, 1.165) is 48.7 Å². The smallest absolute Gasteiger partial charge is 0.444 e. The van der Waals surface area contributed by atoms with Gasteiger partial charge in [0.25, 0.3) is 0 Å². The normalized spacial score (nSPS) is 23.1. The number of benzene rings is 1. The summed E-state index contributed by atoms with van der Waals surface area (Å²) in [7, 11) is -0.413. The average Bonchev–Trinajstić information content (AvgIpc) is 3.30. The fourth-order valence-corrected chi connectivity index (χ4v) is 5.46. The number of carbonyl (C=O) groups excluding carboxylic acids is 1. The number of aryl methyl sites for hydroxylation is 1. The maximum atomic E-state index is 12.4. The van der Waals surface area contributed by atoms with Crippen LogP contribution in [0.4, 0.5) is 10.5 Å². The Hall–Kier alpha value is -2.32. The number of alkyl carbamates (subject to hydrolysis) is 1. The summed E-state index contributed by atoms with van der Waals surface area (Å²) in [5.41, 5.74) is 4.58. The molecule has 0 bridgehead atoms. The minimum Gasteiger partial charge on any atom is -0.444 e. The van der Waals surface area contributed by atoms with E-state index in [1.807, 2.05) is 20.8 Å². The van der Waals surface area contributed by atoms with Crippen LogP contribution in [0.1, 0.15) is 79.0 Å². The van der Waals surface area contributed by atoms with Crippen molar-refractivity contribution in [3.05, 3.63) is 29.5 Å². The van der Waals surface area contributed by atoms with Gasteiger partial charge in [0, 0.05) is 24.2 Å². The highest BCUT2D eigenvalue weighted by Crippen LogP contribution is 2.39. The number of ether oxygens (including phenoxy) is 1. The second-order valence-electron chi connectivity index (χ2n) is 12.5. The Morgan fingerprint density at radius 2 is 1.83 bits per heavy atom. The third-order valence-corrected chi connectivity index (χ3v) is 8.01. The van der Waals surface area contributed by atoms with E-state index < -0.39 is 12.7 Å². The molecule has 2 saturated heterocycles. The van der Waals surface area contributed by atoms with Gasteiger partial charge in [-0.2, -0.15) is 0 Å². The van der Waals surface area contributed by atoms with E-state index in [0.29, 0.717) is 0 Å². The molecular formula is C28H40BN3O4. The number of aromatic nitrogens is 1. The SMILES string of the molecule is CC(C)(C)OC(=O)NC1CCN(c2c3c(nc4ccc(B5OC(C)(C)C(C)(C)O5)cc24)CCCC3)C1. The van der Waals surface area contributed by atoms with Gasteiger partial charge in [-0.3, -0.25) is 4.98 Å². The maximum Gasteiger partial charge on any atom is 0.494 e. The Balaban J connectivity index is 1.48. The van der Waals surface area contributed by atoms with E-state index in [1.54, 1.807) is 0 Å². The zero-order chi connectivity index (χ0) is 25.9. The van der Waals surface area contributed by atoms with Crippen molar-refractivity contribution in [3.63, 3.8) is 0 Å². The number of nitrogens with zero attached hydrogens (tertiary/aromatic N) is 2. The standard InChI is InChI=1S/C28H40BN3O4/c1-26(2,3)34-25(33)30-19-14-15-32(17-19)24-20-10-8-9-11-22(20)31-23-13-12-18(16-21(23)24)29-35-27(4,5)28(6,7)36-29/h12-13,16,19H,8-11,14-15,17H2,1-7H3,(H,30,33). The van der Waals surface area contributed by atoms with E-state index >= 15 is 0 Å². The number of hydrogen-bond acceptors (Lipinski definition) is 6. The van der Waals surface area contributed by atoms with Crippen LogP contribution >= 0.6 is 0 Å². The highest BCUT2D eigenvalue weighted by atomic mass is 16.7. The van der Waals surface area contributed by atoms with Crippen molar-refractivity contribution in [1.29, 1.82) is 0 Å². The summed E-state index contributed by atoms with van der Waals surface area (Å²) >= 11 is 0. The predicted molar refractivity (Wildman–Crippen MR) is 144 cm³/mol. The molecule has 0 saturated carbocycles. The Morgan fingerprint density at radius 1 is 1.14 bits per heavy atom. The third-order valence-electron chi connectivity index (χ3n) is 8.01. The molecule has 0 radical (unpaired) electrons. The summed E-state index contributed by atoms with van der Waals surface area (Å²) in [6, 6.07) is 6.46. The number of carbonyl (C=O) groups is 1. The minimum absolute atomic E-state index is 0.0496. The van der Waals surface area contributed by atoms with Crippen molar-refractivity contribution in [1.82, 2.24) is 10.3 Å². The molecule has 1 aliphatic carbocycles. The van der Waals surface area contributed by atoms with Gasteiger partial charge in [0.15, 0.2) is 0 Å². The van der Waals surface area contributed by atoms with Gasteiger partial charge >= 0.3 is 13.2 Å². The topological polar surface area (TPSA) is 72.9 Å². The first-order valence-electron chi connectivity index (χ1n) is 13.4. The molecule has 1 amide bonds. The molecule has 2 aromatic rings. The van der Waals surface area contributed by atoms with Crippen molar-refractivity contribution in [2.24, 2.45) is 0 Å². The van der Waals surface area contributed by atoms with E-state index in [1.165, 1.54) is 29.8 Å². The van der Waals surface area contributed by atoms with Crippen molar-refractivity contribution in [3.8, 4) is 0 Å². The Kier molecular flexibility index (Phi) is 6.27. The second kappa shape index (κ2) is 8.91. The zero-order valence-corrected chi connectivity index (χ0v) is 22.9. The molecule has 3 heterocycles. The number of nitrogens with one attached hydrogen (secondary N) is 1. The first kappa shape index (κ1) is 25.3. The van der Waals surface area contributed by atoms with Crippen molar-refractivity contribution >= 4 is 35.3 Å². The van der Waals surface area contributed by atoms with Gasteiger partial charge in [-0.05, 0) is 97.7 Å². The molecular weight excluding hydrogens is 453 g/mol. The van der Waals surface area contributed by atoms with Crippen LogP contribution in [-0.2, 0) is 26.9 Å². The summed E-state index contributed by atoms with van der Waals surface area (Å²) in [5.74, 6) is 0. The van der Waals surface area contributed by atoms with Crippen molar-refractivity contribution in [2.45, 2.75) is 103 Å². The molecule has 1 atom stereocenters. The van der Waals surface area contributed by atoms with Gasteiger partial charge in [-0.25, -0.2) is 4.79 Å². The van der Waals surface area contributed by atoms with Crippen LogP contribution in [0.25, 0.3) is 10.9 Å². The highest BCUT2D eigenvalue weighted by Gasteiger charge is 2.51. The largest absolute Gasteiger partial charge is 0.494 e. The lowest BCUT2D eigenvalue weighted by Gasteiger charge is -2.32. The number of pyridine rings is 1. The summed E-state index contributed by atoms with van der Waals surface area (Å²) in [5, 5.41) is 4.22. The van der Waals surface area contributed by atoms with Crippen molar-refractivity contribution < 1.29 is 18.8 Å². The van der Waals surface area contributed by atoms with E-state index in [4.69, 9.17) is 19.0 Å². The van der Waals surface area contributed by atoms with Crippen LogP contribution in [0, 0.1) is 0 Å². The zero-order valence-electron chi connectivity index (χ0n) is 22.9. The minimum atomic E-state index is -0.507. The Morgan fingerprint density at radius 3 is 2.53 bits per heavy atom. The number of rotatable bonds is 3. The summed E-state index contributed by atoms with van der Waals surface area (Å²) in [4.78, 5) is 19.9. The number of fused-ring (bicyclic) bond motifs is 2. The molecule has 7 nitrogen and oxygen atoms in total. The Bertz CT molecular complexity index is 1160. The van der Waals surface area contributed by atoms with Crippen LogP contribution in [0.3, 0.4) is 0 Å². The fourth-order valence-electron chi connectivity index (χ4n) is 5.46. The molecule has 1 N–H and O–H groups in total. The van der Waals surface area contributed by atoms with Gasteiger partial charge in [-0.15, -0.1) is 0 Å². The summed E-state index contributed by atoms with van der Waals surface area (Å²) < 4.78 is 18.2. The molecule has 8 heteroatoms. The van der Waals surface area contributed by atoms with E-state index in [2.05, 4.69) is 56.1 Å². The van der Waals surface area contributed by atoms with Gasteiger partial charge in [0.1, 0.15) is 5.60 Å². The van der Waals surface area contributed by atoms with Gasteiger partial charge in [0.2, 0.25) is 0 Å². The van der Waals surface area contributed by atoms with E-state index in [-0.39, 0.29) is 23.3 Å². The monoisotopic (exact) mass is 493 g/mol. The molecule has 2 aliphatic heterocycles. The number of hydrogen-bond donors (Lipinski definition) is 1. The van der Waals surface area contributed by atoms with E-state index in [9.17, 15) is 4.79 Å².